The Morgan fingerprint density at radius 2 is 2.07 bits per heavy atom. The molecule has 3 N–H and O–H groups in total. The van der Waals surface area contributed by atoms with Crippen molar-refractivity contribution in [1.82, 2.24) is 25.5 Å². The Kier molecular flexibility index (Phi) is 6.66. The van der Waals surface area contributed by atoms with E-state index in [9.17, 15) is 9.18 Å². The molecule has 3 rings (SSSR count). The predicted octanol–water partition coefficient (Wildman–Crippen LogP) is -0.172. The first-order valence-corrected chi connectivity index (χ1v) is 9.04. The number of anilines is 1. The highest BCUT2D eigenvalue weighted by atomic mass is 19.1. The Hall–Kier alpha value is -2.59. The number of methoxy groups -OCH3 is 1. The van der Waals surface area contributed by atoms with Crippen molar-refractivity contribution in [3.8, 4) is 0 Å². The number of hydrogen-bond donors (Lipinski definition) is 3. The maximum absolute atomic E-state index is 12.9. The van der Waals surface area contributed by atoms with Gasteiger partial charge in [-0.05, 0) is 34.7 Å². The lowest BCUT2D eigenvalue weighted by Crippen LogP contribution is -3.12. The molecule has 1 saturated heterocycles. The zero-order valence-corrected chi connectivity index (χ0v) is 15.3. The fourth-order valence-electron chi connectivity index (χ4n) is 3.16. The van der Waals surface area contributed by atoms with Gasteiger partial charge in [0.15, 0.2) is 0 Å². The van der Waals surface area contributed by atoms with Gasteiger partial charge in [-0.2, -0.15) is 0 Å². The number of carbonyl (C=O) groups excluding carboxylic acids is 1. The van der Waals surface area contributed by atoms with Crippen molar-refractivity contribution in [2.45, 2.75) is 32.0 Å². The molecule has 0 radical (unpaired) electrons. The number of likely N-dealkylation sites (tertiary alicyclic amines) is 1. The number of aromatic nitrogens is 4. The number of nitrogens with zero attached hydrogens (tertiary/aromatic N) is 4. The summed E-state index contributed by atoms with van der Waals surface area (Å²) in [5.41, 5.74) is 0.569. The molecule has 146 valence electrons. The van der Waals surface area contributed by atoms with Gasteiger partial charge in [0.1, 0.15) is 12.4 Å². The van der Waals surface area contributed by atoms with Crippen LogP contribution in [0.5, 0.6) is 0 Å². The van der Waals surface area contributed by atoms with Crippen molar-refractivity contribution in [2.75, 3.05) is 32.1 Å². The molecule has 0 spiro atoms. The van der Waals surface area contributed by atoms with Crippen molar-refractivity contribution < 1.29 is 18.8 Å². The third-order valence-corrected chi connectivity index (χ3v) is 4.65. The Morgan fingerprint density at radius 3 is 2.78 bits per heavy atom. The molecule has 1 aromatic carbocycles. The van der Waals surface area contributed by atoms with Crippen LogP contribution in [0.4, 0.5) is 14.9 Å². The molecule has 9 nitrogen and oxygen atoms in total. The molecule has 1 aromatic heterocycles. The van der Waals surface area contributed by atoms with Crippen LogP contribution in [-0.2, 0) is 17.8 Å². The summed E-state index contributed by atoms with van der Waals surface area (Å²) < 4.78 is 19.8. The third kappa shape index (κ3) is 5.69. The van der Waals surface area contributed by atoms with E-state index in [0.29, 0.717) is 18.8 Å². The van der Waals surface area contributed by atoms with Crippen LogP contribution in [0.25, 0.3) is 0 Å². The molecule has 2 amide bonds. The Labute approximate surface area is 156 Å². The van der Waals surface area contributed by atoms with Gasteiger partial charge in [0, 0.05) is 31.7 Å². The smallest absolute Gasteiger partial charge is 0.319 e. The van der Waals surface area contributed by atoms with E-state index >= 15 is 0 Å². The Balaban J connectivity index is 1.41. The number of amides is 2. The highest BCUT2D eigenvalue weighted by Crippen LogP contribution is 2.08. The standard InChI is InChI=1S/C17H24FN7O2/c1-27-11-10-25-16(21-22-23-25)12-24-8-6-15(7-9-24)20-17(26)19-14-4-2-13(18)3-5-14/h2-5,15H,6-12H2,1H3,(H2,19,20,26)/p+1. The molecular weight excluding hydrogens is 353 g/mol. The number of rotatable bonds is 7. The van der Waals surface area contributed by atoms with Crippen LogP contribution in [0, 0.1) is 5.82 Å². The maximum atomic E-state index is 12.9. The molecule has 27 heavy (non-hydrogen) atoms. The number of quaternary nitrogens is 1. The molecular formula is C17H25FN7O2+. The van der Waals surface area contributed by atoms with Crippen LogP contribution >= 0.6 is 0 Å². The number of benzene rings is 1. The summed E-state index contributed by atoms with van der Waals surface area (Å²) in [6, 6.07) is 5.57. The fourth-order valence-corrected chi connectivity index (χ4v) is 3.16. The largest absolute Gasteiger partial charge is 0.383 e. The minimum Gasteiger partial charge on any atom is -0.383 e. The summed E-state index contributed by atoms with van der Waals surface area (Å²) in [4.78, 5) is 13.5. The molecule has 0 unspecified atom stereocenters. The predicted molar refractivity (Wildman–Crippen MR) is 95.7 cm³/mol. The third-order valence-electron chi connectivity index (χ3n) is 4.65. The van der Waals surface area contributed by atoms with Gasteiger partial charge >= 0.3 is 6.03 Å². The van der Waals surface area contributed by atoms with Gasteiger partial charge in [0.25, 0.3) is 0 Å². The normalized spacial score (nSPS) is 19.6. The van der Waals surface area contributed by atoms with Crippen LogP contribution < -0.4 is 15.5 Å². The van der Waals surface area contributed by atoms with Crippen LogP contribution in [0.15, 0.2) is 24.3 Å². The topological polar surface area (TPSA) is 98.4 Å². The molecule has 0 bridgehead atoms. The molecule has 0 aliphatic carbocycles. The molecule has 0 saturated carbocycles. The minimum atomic E-state index is -0.329. The van der Waals surface area contributed by atoms with E-state index in [1.807, 2.05) is 0 Å². The summed E-state index contributed by atoms with van der Waals surface area (Å²) in [7, 11) is 1.65. The maximum Gasteiger partial charge on any atom is 0.319 e. The summed E-state index contributed by atoms with van der Waals surface area (Å²) >= 11 is 0. The van der Waals surface area contributed by atoms with Crippen molar-refractivity contribution in [1.29, 1.82) is 0 Å². The Morgan fingerprint density at radius 1 is 1.33 bits per heavy atom. The first-order valence-electron chi connectivity index (χ1n) is 9.04. The van der Waals surface area contributed by atoms with E-state index in [2.05, 4.69) is 26.2 Å². The van der Waals surface area contributed by atoms with Gasteiger partial charge in [-0.1, -0.05) is 0 Å². The van der Waals surface area contributed by atoms with Gasteiger partial charge in [0.2, 0.25) is 5.82 Å². The molecule has 10 heteroatoms. The van der Waals surface area contributed by atoms with Crippen molar-refractivity contribution in [3.05, 3.63) is 35.9 Å². The fraction of sp³-hybridized carbons (Fsp3) is 0.529. The monoisotopic (exact) mass is 378 g/mol. The molecule has 2 heterocycles. The number of piperidine rings is 1. The molecule has 1 aliphatic rings. The number of urea groups is 1. The second-order valence-electron chi connectivity index (χ2n) is 6.62. The zero-order valence-electron chi connectivity index (χ0n) is 15.3. The van der Waals surface area contributed by atoms with Gasteiger partial charge in [-0.15, -0.1) is 5.10 Å². The van der Waals surface area contributed by atoms with E-state index < -0.39 is 0 Å². The number of carbonyl (C=O) groups is 1. The van der Waals surface area contributed by atoms with Gasteiger partial charge in [0.05, 0.1) is 26.2 Å². The van der Waals surface area contributed by atoms with Crippen molar-refractivity contribution >= 4 is 11.7 Å². The van der Waals surface area contributed by atoms with E-state index in [1.54, 1.807) is 11.8 Å². The average molecular weight is 378 g/mol. The first-order chi connectivity index (χ1) is 13.1. The summed E-state index contributed by atoms with van der Waals surface area (Å²) in [6.45, 7) is 3.82. The van der Waals surface area contributed by atoms with Gasteiger partial charge in [-0.3, -0.25) is 0 Å². The number of hydrogen-bond acceptors (Lipinski definition) is 5. The Bertz CT molecular complexity index is 729. The number of tetrazole rings is 1. The lowest BCUT2D eigenvalue weighted by atomic mass is 10.1. The molecule has 1 aliphatic heterocycles. The number of halogens is 1. The lowest BCUT2D eigenvalue weighted by Gasteiger charge is -2.29. The number of ether oxygens (including phenoxy) is 1. The SMILES string of the molecule is COCCn1nnnc1C[NH+]1CCC(NC(=O)Nc2ccc(F)cc2)CC1. The minimum absolute atomic E-state index is 0.124. The highest BCUT2D eigenvalue weighted by Gasteiger charge is 2.25. The van der Waals surface area contributed by atoms with E-state index in [4.69, 9.17) is 4.74 Å². The van der Waals surface area contributed by atoms with Crippen molar-refractivity contribution in [2.24, 2.45) is 0 Å². The van der Waals surface area contributed by atoms with Crippen LogP contribution in [0.3, 0.4) is 0 Å². The van der Waals surface area contributed by atoms with E-state index in [-0.39, 0.29) is 17.9 Å². The van der Waals surface area contributed by atoms with Gasteiger partial charge in [-0.25, -0.2) is 13.9 Å². The van der Waals surface area contributed by atoms with E-state index in [0.717, 1.165) is 38.3 Å². The van der Waals surface area contributed by atoms with Crippen LogP contribution in [0.2, 0.25) is 0 Å². The van der Waals surface area contributed by atoms with Gasteiger partial charge < -0.3 is 20.3 Å². The van der Waals surface area contributed by atoms with Crippen LogP contribution in [-0.4, -0.2) is 59.1 Å². The van der Waals surface area contributed by atoms with E-state index in [1.165, 1.54) is 29.2 Å². The average Bonchev–Trinajstić information content (AvgIpc) is 3.10. The van der Waals surface area contributed by atoms with Crippen LogP contribution in [0.1, 0.15) is 18.7 Å². The zero-order chi connectivity index (χ0) is 19.1. The number of nitrogens with one attached hydrogen (secondary N) is 3. The summed E-state index contributed by atoms with van der Waals surface area (Å²) in [5, 5.41) is 17.5. The second-order valence-corrected chi connectivity index (χ2v) is 6.62. The van der Waals surface area contributed by atoms with Crippen molar-refractivity contribution in [3.63, 3.8) is 0 Å². The quantitative estimate of drug-likeness (QED) is 0.621. The highest BCUT2D eigenvalue weighted by molar-refractivity contribution is 5.89. The molecule has 0 atom stereocenters. The summed E-state index contributed by atoms with van der Waals surface area (Å²) in [6.07, 6.45) is 1.76. The lowest BCUT2D eigenvalue weighted by molar-refractivity contribution is -0.919. The first kappa shape index (κ1) is 19.2. The molecule has 2 aromatic rings. The summed E-state index contributed by atoms with van der Waals surface area (Å²) in [5.74, 6) is 0.520. The second kappa shape index (κ2) is 9.38. The molecule has 1 fully saturated rings.